The van der Waals surface area contributed by atoms with Crippen LogP contribution in [0.25, 0.3) is 0 Å². The van der Waals surface area contributed by atoms with Crippen LogP contribution in [0, 0.1) is 5.41 Å². The van der Waals surface area contributed by atoms with E-state index in [-0.39, 0.29) is 43.4 Å². The third-order valence-electron chi connectivity index (χ3n) is 8.07. The number of likely N-dealkylation sites (tertiary alicyclic amines) is 1. The molecule has 0 aromatic rings. The van der Waals surface area contributed by atoms with Gasteiger partial charge in [-0.1, -0.05) is 20.8 Å². The summed E-state index contributed by atoms with van der Waals surface area (Å²) in [7, 11) is 0. The molecule has 2 fully saturated rings. The zero-order chi connectivity index (χ0) is 33.3. The lowest BCUT2D eigenvalue weighted by molar-refractivity contribution is -0.142. The van der Waals surface area contributed by atoms with Gasteiger partial charge in [-0.3, -0.25) is 43.6 Å². The monoisotopic (exact) mass is 626 g/mol. The Hall–Kier alpha value is -2.65. The van der Waals surface area contributed by atoms with Crippen molar-refractivity contribution in [1.29, 1.82) is 0 Å². The molecule has 0 atom stereocenters. The number of hydrogen-bond acceptors (Lipinski definition) is 10. The van der Waals surface area contributed by atoms with Gasteiger partial charge in [-0.2, -0.15) is 0 Å². The third-order valence-corrected chi connectivity index (χ3v) is 8.07. The number of aliphatic carboxylic acids is 3. The lowest BCUT2D eigenvalue weighted by atomic mass is 9.72. The molecular formula is C30H54N6O8. The van der Waals surface area contributed by atoms with E-state index in [0.717, 1.165) is 0 Å². The Balaban J connectivity index is 2.18. The highest BCUT2D eigenvalue weighted by Gasteiger charge is 2.47. The fourth-order valence-electron chi connectivity index (χ4n) is 6.06. The molecule has 44 heavy (non-hydrogen) atoms. The molecule has 4 N–H and O–H groups in total. The summed E-state index contributed by atoms with van der Waals surface area (Å²) in [6.07, 6.45) is 0.996. The van der Waals surface area contributed by atoms with Crippen molar-refractivity contribution < 1.29 is 39.3 Å². The van der Waals surface area contributed by atoms with E-state index >= 15 is 0 Å². The second-order valence-corrected chi connectivity index (χ2v) is 14.2. The molecule has 14 heteroatoms. The molecule has 2 aliphatic rings. The van der Waals surface area contributed by atoms with Crippen LogP contribution in [0.5, 0.6) is 0 Å². The SMILES string of the molecule is CC(C)(C)NC1(C(=O)C(C)(C)C)CCN(C(=O)CN2CCN(CC(=O)O)CCN(CC(=O)O)CCN(CC(=O)O)CC2)CC1. The van der Waals surface area contributed by atoms with Crippen LogP contribution >= 0.6 is 0 Å². The summed E-state index contributed by atoms with van der Waals surface area (Å²) >= 11 is 0. The first-order valence-electron chi connectivity index (χ1n) is 15.5. The topological polar surface area (TPSA) is 174 Å². The van der Waals surface area contributed by atoms with Crippen molar-refractivity contribution in [1.82, 2.24) is 29.8 Å². The van der Waals surface area contributed by atoms with E-state index < -0.39 is 28.9 Å². The van der Waals surface area contributed by atoms with Crippen LogP contribution in [0.1, 0.15) is 54.4 Å². The quantitative estimate of drug-likeness (QED) is 0.252. The van der Waals surface area contributed by atoms with Crippen molar-refractivity contribution in [2.45, 2.75) is 65.5 Å². The second kappa shape index (κ2) is 16.1. The Bertz CT molecular complexity index is 984. The van der Waals surface area contributed by atoms with Gasteiger partial charge in [0.1, 0.15) is 0 Å². The van der Waals surface area contributed by atoms with E-state index in [9.17, 15) is 39.3 Å². The molecule has 0 spiro atoms. The molecule has 0 bridgehead atoms. The van der Waals surface area contributed by atoms with Gasteiger partial charge < -0.3 is 25.5 Å². The van der Waals surface area contributed by atoms with Crippen LogP contribution in [0.4, 0.5) is 0 Å². The smallest absolute Gasteiger partial charge is 0.317 e. The summed E-state index contributed by atoms with van der Waals surface area (Å²) in [5.41, 5.74) is -1.57. The van der Waals surface area contributed by atoms with Crippen LogP contribution in [-0.4, -0.2) is 172 Å². The van der Waals surface area contributed by atoms with Gasteiger partial charge in [-0.25, -0.2) is 0 Å². The number of carbonyl (C=O) groups is 5. The number of rotatable bonds is 10. The molecule has 0 aliphatic carbocycles. The first-order valence-corrected chi connectivity index (χ1v) is 15.5. The molecule has 2 rings (SSSR count). The molecule has 2 heterocycles. The fourth-order valence-corrected chi connectivity index (χ4v) is 6.06. The summed E-state index contributed by atoms with van der Waals surface area (Å²) < 4.78 is 0. The fraction of sp³-hybridized carbons (Fsp3) is 0.833. The number of amides is 1. The third kappa shape index (κ3) is 12.8. The van der Waals surface area contributed by atoms with Crippen molar-refractivity contribution in [3.63, 3.8) is 0 Å². The standard InChI is InChI=1S/C30H54N6O8/c1-28(2,3)27(44)30(31-29(4,5)6)7-9-36(10-8-30)23(37)19-32-11-13-33(20-24(38)39)15-17-35(22-26(42)43)18-16-34(14-12-32)21-25(40)41/h31H,7-22H2,1-6H3,(H,38,39)(H,40,41)(H,42,43). The summed E-state index contributed by atoms with van der Waals surface area (Å²) in [5.74, 6) is -2.96. The van der Waals surface area contributed by atoms with E-state index in [1.54, 1.807) is 19.6 Å². The van der Waals surface area contributed by atoms with E-state index in [1.807, 2.05) is 46.4 Å². The van der Waals surface area contributed by atoms with Crippen LogP contribution in [0.2, 0.25) is 0 Å². The van der Waals surface area contributed by atoms with E-state index in [4.69, 9.17) is 0 Å². The highest BCUT2D eigenvalue weighted by atomic mass is 16.4. The first-order chi connectivity index (χ1) is 20.3. The van der Waals surface area contributed by atoms with Gasteiger partial charge in [0.15, 0.2) is 5.78 Å². The van der Waals surface area contributed by atoms with E-state index in [1.165, 1.54) is 0 Å². The molecule has 252 valence electrons. The average Bonchev–Trinajstić information content (AvgIpc) is 2.87. The lowest BCUT2D eigenvalue weighted by Gasteiger charge is -2.47. The maximum Gasteiger partial charge on any atom is 0.317 e. The number of hydrogen-bond donors (Lipinski definition) is 4. The highest BCUT2D eigenvalue weighted by molar-refractivity contribution is 5.93. The van der Waals surface area contributed by atoms with E-state index in [0.29, 0.717) is 78.3 Å². The zero-order valence-corrected chi connectivity index (χ0v) is 27.4. The van der Waals surface area contributed by atoms with E-state index in [2.05, 4.69) is 5.32 Å². The molecule has 0 unspecified atom stereocenters. The Kier molecular flexibility index (Phi) is 13.7. The van der Waals surface area contributed by atoms with Crippen molar-refractivity contribution in [3.8, 4) is 0 Å². The number of ketones is 1. The second-order valence-electron chi connectivity index (χ2n) is 14.2. The van der Waals surface area contributed by atoms with Crippen LogP contribution < -0.4 is 5.32 Å². The summed E-state index contributed by atoms with van der Waals surface area (Å²) in [6.45, 7) is 14.8. The number of carboxylic acid groups (broad SMARTS) is 3. The summed E-state index contributed by atoms with van der Waals surface area (Å²) in [6, 6.07) is 0. The van der Waals surface area contributed by atoms with Gasteiger partial charge in [0, 0.05) is 76.4 Å². The molecule has 14 nitrogen and oxygen atoms in total. The van der Waals surface area contributed by atoms with Gasteiger partial charge in [-0.05, 0) is 33.6 Å². The maximum atomic E-state index is 13.6. The largest absolute Gasteiger partial charge is 0.480 e. The van der Waals surface area contributed by atoms with Gasteiger partial charge >= 0.3 is 17.9 Å². The summed E-state index contributed by atoms with van der Waals surface area (Å²) in [5, 5.41) is 31.8. The molecule has 0 aromatic carbocycles. The van der Waals surface area contributed by atoms with Gasteiger partial charge in [0.05, 0.1) is 31.7 Å². The molecule has 2 aliphatic heterocycles. The Morgan fingerprint density at radius 2 is 0.886 bits per heavy atom. The molecule has 0 radical (unpaired) electrons. The first kappa shape index (κ1) is 37.5. The molecule has 2 saturated heterocycles. The number of carboxylic acids is 3. The van der Waals surface area contributed by atoms with Gasteiger partial charge in [0.25, 0.3) is 0 Å². The van der Waals surface area contributed by atoms with Crippen LogP contribution in [-0.2, 0) is 24.0 Å². The van der Waals surface area contributed by atoms with Gasteiger partial charge in [0.2, 0.25) is 5.91 Å². The number of nitrogens with zero attached hydrogens (tertiary/aromatic N) is 5. The summed E-state index contributed by atoms with van der Waals surface area (Å²) in [4.78, 5) is 70.5. The minimum atomic E-state index is -1.01. The number of Topliss-reactive ketones (excluding diaryl/α,β-unsaturated/α-hetero) is 1. The number of piperidine rings is 1. The average molecular weight is 627 g/mol. The predicted octanol–water partition coefficient (Wildman–Crippen LogP) is -0.174. The van der Waals surface area contributed by atoms with Crippen LogP contribution in [0.15, 0.2) is 0 Å². The van der Waals surface area contributed by atoms with Crippen molar-refractivity contribution >= 4 is 29.6 Å². The van der Waals surface area contributed by atoms with Crippen molar-refractivity contribution in [2.24, 2.45) is 5.41 Å². The molecule has 0 saturated carbocycles. The minimum absolute atomic E-state index is 0.0832. The number of carbonyl (C=O) groups excluding carboxylic acids is 2. The normalized spacial score (nSPS) is 20.8. The zero-order valence-electron chi connectivity index (χ0n) is 27.4. The maximum absolute atomic E-state index is 13.6. The van der Waals surface area contributed by atoms with Crippen molar-refractivity contribution in [2.75, 3.05) is 91.6 Å². The molecular weight excluding hydrogens is 572 g/mol. The van der Waals surface area contributed by atoms with Gasteiger partial charge in [-0.15, -0.1) is 0 Å². The molecule has 1 amide bonds. The highest BCUT2D eigenvalue weighted by Crippen LogP contribution is 2.33. The molecule has 0 aromatic heterocycles. The minimum Gasteiger partial charge on any atom is -0.480 e. The Morgan fingerprint density at radius 1 is 0.568 bits per heavy atom. The lowest BCUT2D eigenvalue weighted by Crippen LogP contribution is -2.66. The van der Waals surface area contributed by atoms with Crippen LogP contribution in [0.3, 0.4) is 0 Å². The number of nitrogens with one attached hydrogen (secondary N) is 1. The van der Waals surface area contributed by atoms with Crippen molar-refractivity contribution in [3.05, 3.63) is 0 Å². The Labute approximate surface area is 261 Å². The predicted molar refractivity (Wildman–Crippen MR) is 165 cm³/mol. The Morgan fingerprint density at radius 3 is 1.16 bits per heavy atom.